The number of carbonyl (C=O) groups excluding carboxylic acids is 2. The van der Waals surface area contributed by atoms with Crippen LogP contribution in [0.3, 0.4) is 0 Å². The minimum atomic E-state index is -0.128. The Morgan fingerprint density at radius 3 is 2.49 bits per heavy atom. The predicted octanol–water partition coefficient (Wildman–Crippen LogP) is 6.19. The molecular weight excluding hydrogens is 570 g/mol. The summed E-state index contributed by atoms with van der Waals surface area (Å²) in [5, 5.41) is 10.2. The van der Waals surface area contributed by atoms with E-state index in [1.54, 1.807) is 0 Å². The highest BCUT2D eigenvalue weighted by Crippen LogP contribution is 2.68. The number of fused-ring (bicyclic) bond motifs is 5. The fraction of sp³-hybridized carbons (Fsp3) is 0.943. The summed E-state index contributed by atoms with van der Waals surface area (Å²) < 4.78 is 16.2. The van der Waals surface area contributed by atoms with Crippen molar-refractivity contribution in [3.63, 3.8) is 0 Å². The molecular formula is C35H59N5O5. The van der Waals surface area contributed by atoms with Crippen LogP contribution in [0, 0.1) is 46.3 Å². The van der Waals surface area contributed by atoms with Gasteiger partial charge in [-0.25, -0.2) is 0 Å². The molecule has 45 heavy (non-hydrogen) atoms. The van der Waals surface area contributed by atoms with Crippen molar-refractivity contribution in [3.05, 3.63) is 10.4 Å². The molecule has 1 amide bonds. The molecule has 1 saturated heterocycles. The van der Waals surface area contributed by atoms with Gasteiger partial charge in [0.15, 0.2) is 0 Å². The van der Waals surface area contributed by atoms with E-state index in [1.807, 2.05) is 0 Å². The van der Waals surface area contributed by atoms with Gasteiger partial charge in [0.25, 0.3) is 0 Å². The Morgan fingerprint density at radius 1 is 0.956 bits per heavy atom. The fourth-order valence-electron chi connectivity index (χ4n) is 10.9. The summed E-state index contributed by atoms with van der Waals surface area (Å²) in [5.41, 5.74) is 9.03. The summed E-state index contributed by atoms with van der Waals surface area (Å²) in [7, 11) is 0. The highest BCUT2D eigenvalue weighted by Gasteiger charge is 2.60. The van der Waals surface area contributed by atoms with E-state index < -0.39 is 0 Å². The van der Waals surface area contributed by atoms with Crippen molar-refractivity contribution >= 4 is 11.9 Å². The molecule has 0 aromatic heterocycles. The van der Waals surface area contributed by atoms with Crippen LogP contribution < -0.4 is 10.6 Å². The number of carbonyl (C=O) groups is 2. The molecule has 10 atom stereocenters. The molecule has 4 aliphatic carbocycles. The summed E-state index contributed by atoms with van der Waals surface area (Å²) in [6.45, 7) is 10.7. The van der Waals surface area contributed by atoms with Gasteiger partial charge in [0.2, 0.25) is 5.91 Å². The molecule has 0 aromatic rings. The van der Waals surface area contributed by atoms with Crippen LogP contribution in [0.4, 0.5) is 0 Å². The molecule has 0 radical (unpaired) electrons. The van der Waals surface area contributed by atoms with E-state index in [0.29, 0.717) is 68.1 Å². The van der Waals surface area contributed by atoms with Gasteiger partial charge in [0.05, 0.1) is 32.5 Å². The highest BCUT2D eigenvalue weighted by molar-refractivity contribution is 5.82. The Morgan fingerprint density at radius 2 is 1.71 bits per heavy atom. The Kier molecular flexibility index (Phi) is 12.1. The third-order valence-corrected chi connectivity index (χ3v) is 13.2. The number of amides is 1. The lowest BCUT2D eigenvalue weighted by Gasteiger charge is -2.61. The Hall–Kier alpha value is -1.87. The van der Waals surface area contributed by atoms with Crippen LogP contribution in [-0.2, 0) is 23.8 Å². The molecule has 1 heterocycles. The molecule has 1 aliphatic heterocycles. The standard InChI is InChI=1S/C35H59N5O5/c1-24(6-11-32(41)45-22-21-44-20-19-43-18-17-38-40-36)28-9-10-29-27-8-7-25-23-26(39-33(42)31-5-4-16-37-31)12-14-34(25,2)30(27)13-15-35(28,29)3/h24-31,37H,4-23H2,1-3H3,(H,39,42)/t24-,25-,26-,27?,28?,29?,30?,31?,34+,35-/m1/s1. The van der Waals surface area contributed by atoms with Gasteiger partial charge in [-0.3, -0.25) is 9.59 Å². The molecule has 254 valence electrons. The largest absolute Gasteiger partial charge is 0.463 e. The second-order valence-corrected chi connectivity index (χ2v) is 15.4. The van der Waals surface area contributed by atoms with Crippen molar-refractivity contribution in [3.8, 4) is 0 Å². The summed E-state index contributed by atoms with van der Waals surface area (Å²) >= 11 is 0. The topological polar surface area (TPSA) is 135 Å². The molecule has 4 saturated carbocycles. The second-order valence-electron chi connectivity index (χ2n) is 15.4. The first-order chi connectivity index (χ1) is 21.8. The van der Waals surface area contributed by atoms with E-state index >= 15 is 0 Å². The Bertz CT molecular complexity index is 1050. The molecule has 10 heteroatoms. The van der Waals surface area contributed by atoms with E-state index in [0.717, 1.165) is 62.3 Å². The molecule has 5 fully saturated rings. The number of azide groups is 1. The van der Waals surface area contributed by atoms with Gasteiger partial charge in [0.1, 0.15) is 6.61 Å². The van der Waals surface area contributed by atoms with Crippen LogP contribution in [0.1, 0.15) is 104 Å². The SMILES string of the molecule is C[C@H](CCC(=O)OCCOCCOCCN=[N+]=[N-])C1CCC2C3CC[C@@H]4C[C@H](NC(=O)C5CCCN5)CC[C@]4(C)C3CC[C@@]21C. The van der Waals surface area contributed by atoms with Crippen molar-refractivity contribution in [2.45, 2.75) is 116 Å². The van der Waals surface area contributed by atoms with E-state index in [9.17, 15) is 9.59 Å². The average molecular weight is 630 g/mol. The van der Waals surface area contributed by atoms with Crippen molar-refractivity contribution in [1.82, 2.24) is 10.6 Å². The first kappa shape index (κ1) is 34.5. The van der Waals surface area contributed by atoms with Crippen LogP contribution in [0.25, 0.3) is 10.4 Å². The smallest absolute Gasteiger partial charge is 0.305 e. The summed E-state index contributed by atoms with van der Waals surface area (Å²) in [6.07, 6.45) is 15.0. The number of nitrogens with zero attached hydrogens (tertiary/aromatic N) is 3. The number of esters is 1. The van der Waals surface area contributed by atoms with Crippen LogP contribution in [0.5, 0.6) is 0 Å². The highest BCUT2D eigenvalue weighted by atomic mass is 16.6. The van der Waals surface area contributed by atoms with Crippen molar-refractivity contribution in [1.29, 1.82) is 0 Å². The maximum absolute atomic E-state index is 12.8. The Labute approximate surface area is 270 Å². The molecule has 2 N–H and O–H groups in total. The zero-order chi connectivity index (χ0) is 31.9. The van der Waals surface area contributed by atoms with E-state index in [4.69, 9.17) is 19.7 Å². The van der Waals surface area contributed by atoms with Gasteiger partial charge < -0.3 is 24.8 Å². The predicted molar refractivity (Wildman–Crippen MR) is 173 cm³/mol. The number of hydrogen-bond donors (Lipinski definition) is 2. The maximum Gasteiger partial charge on any atom is 0.305 e. The molecule has 0 spiro atoms. The van der Waals surface area contributed by atoms with Crippen molar-refractivity contribution in [2.24, 2.45) is 51.5 Å². The van der Waals surface area contributed by atoms with Gasteiger partial charge in [-0.1, -0.05) is 25.9 Å². The molecule has 5 unspecified atom stereocenters. The van der Waals surface area contributed by atoms with Gasteiger partial charge in [-0.15, -0.1) is 0 Å². The number of nitrogens with one attached hydrogen (secondary N) is 2. The maximum atomic E-state index is 12.8. The quantitative estimate of drug-likeness (QED) is 0.0730. The van der Waals surface area contributed by atoms with Gasteiger partial charge in [0, 0.05) is 23.9 Å². The van der Waals surface area contributed by atoms with Gasteiger partial charge in [-0.05, 0) is 135 Å². The minimum Gasteiger partial charge on any atom is -0.463 e. The van der Waals surface area contributed by atoms with Gasteiger partial charge >= 0.3 is 5.97 Å². The number of hydrogen-bond acceptors (Lipinski definition) is 7. The normalized spacial score (nSPS) is 37.9. The molecule has 0 aromatic carbocycles. The van der Waals surface area contributed by atoms with Crippen LogP contribution in [0.15, 0.2) is 5.11 Å². The van der Waals surface area contributed by atoms with Gasteiger partial charge in [-0.2, -0.15) is 0 Å². The lowest BCUT2D eigenvalue weighted by Crippen LogP contribution is -2.56. The number of rotatable bonds is 15. The summed E-state index contributed by atoms with van der Waals surface area (Å²) in [4.78, 5) is 28.0. The third kappa shape index (κ3) is 7.99. The monoisotopic (exact) mass is 629 g/mol. The molecule has 5 rings (SSSR count). The summed E-state index contributed by atoms with van der Waals surface area (Å²) in [6, 6.07) is 0.370. The van der Waals surface area contributed by atoms with Crippen molar-refractivity contribution < 1.29 is 23.8 Å². The minimum absolute atomic E-state index is 0.0216. The van der Waals surface area contributed by atoms with Crippen LogP contribution in [-0.4, -0.2) is 70.1 Å². The Balaban J connectivity index is 1.04. The molecule has 0 bridgehead atoms. The zero-order valence-corrected chi connectivity index (χ0v) is 28.1. The van der Waals surface area contributed by atoms with Crippen LogP contribution >= 0.6 is 0 Å². The third-order valence-electron chi connectivity index (χ3n) is 13.2. The first-order valence-electron chi connectivity index (χ1n) is 18.1. The van der Waals surface area contributed by atoms with Crippen LogP contribution in [0.2, 0.25) is 0 Å². The lowest BCUT2D eigenvalue weighted by molar-refractivity contribution is -0.146. The van der Waals surface area contributed by atoms with Crippen molar-refractivity contribution in [2.75, 3.05) is 46.1 Å². The first-order valence-corrected chi connectivity index (χ1v) is 18.1. The number of ether oxygens (including phenoxy) is 3. The average Bonchev–Trinajstić information content (AvgIpc) is 3.69. The molecule has 10 nitrogen and oxygen atoms in total. The second kappa shape index (κ2) is 15.8. The van der Waals surface area contributed by atoms with E-state index in [1.165, 1.54) is 44.9 Å². The lowest BCUT2D eigenvalue weighted by atomic mass is 9.44. The zero-order valence-electron chi connectivity index (χ0n) is 28.1. The fourth-order valence-corrected chi connectivity index (χ4v) is 10.9. The summed E-state index contributed by atoms with van der Waals surface area (Å²) in [5.74, 6) is 4.49. The molecule has 5 aliphatic rings. The van der Waals surface area contributed by atoms with E-state index in [2.05, 4.69) is 41.4 Å². The van der Waals surface area contributed by atoms with E-state index in [-0.39, 0.29) is 24.5 Å².